The van der Waals surface area contributed by atoms with Crippen molar-refractivity contribution in [3.05, 3.63) is 69.8 Å². The maximum Gasteiger partial charge on any atom is 0.258 e. The summed E-state index contributed by atoms with van der Waals surface area (Å²) >= 11 is 12.3. The van der Waals surface area contributed by atoms with Gasteiger partial charge in [-0.25, -0.2) is 16.3 Å². The Labute approximate surface area is 165 Å². The van der Waals surface area contributed by atoms with Crippen LogP contribution in [-0.4, -0.2) is 23.1 Å². The smallest absolute Gasteiger partial charge is 0.258 e. The van der Waals surface area contributed by atoms with Crippen molar-refractivity contribution in [2.75, 3.05) is 0 Å². The topological polar surface area (TPSA) is 81.3 Å². The molecule has 2 atom stereocenters. The Morgan fingerprint density at radius 3 is 2.93 bits per heavy atom. The second-order valence-electron chi connectivity index (χ2n) is 6.32. The maximum atomic E-state index is 12.4. The summed E-state index contributed by atoms with van der Waals surface area (Å²) in [5.41, 5.74) is 11.4. The van der Waals surface area contributed by atoms with Gasteiger partial charge in [0.2, 0.25) is 0 Å². The Bertz CT molecular complexity index is 1020. The molecule has 1 aliphatic rings. The van der Waals surface area contributed by atoms with E-state index in [2.05, 4.69) is 26.4 Å². The Balaban J connectivity index is 1.38. The average Bonchev–Trinajstić information content (AvgIpc) is 3.31. The van der Waals surface area contributed by atoms with Crippen LogP contribution in [0.2, 0.25) is 10.0 Å². The fourth-order valence-electron chi connectivity index (χ4n) is 3.16. The number of nitrogens with one attached hydrogen (secondary N) is 4. The molecule has 1 fully saturated rings. The molecule has 138 valence electrons. The van der Waals surface area contributed by atoms with E-state index in [1.807, 2.05) is 30.5 Å². The van der Waals surface area contributed by atoms with Gasteiger partial charge in [-0.2, -0.15) is 5.10 Å². The zero-order valence-corrected chi connectivity index (χ0v) is 15.7. The number of hydrazone groups is 1. The predicted octanol–water partition coefficient (Wildman–Crippen LogP) is 3.53. The van der Waals surface area contributed by atoms with Gasteiger partial charge in [0.25, 0.3) is 5.91 Å². The largest absolute Gasteiger partial charge is 0.361 e. The van der Waals surface area contributed by atoms with Gasteiger partial charge in [0.15, 0.2) is 0 Å². The van der Waals surface area contributed by atoms with Crippen molar-refractivity contribution in [3.63, 3.8) is 0 Å². The predicted molar refractivity (Wildman–Crippen MR) is 108 cm³/mol. The van der Waals surface area contributed by atoms with E-state index in [9.17, 15) is 4.79 Å². The van der Waals surface area contributed by atoms with Crippen molar-refractivity contribution in [3.8, 4) is 0 Å². The zero-order chi connectivity index (χ0) is 18.8. The molecule has 4 N–H and O–H groups in total. The first-order chi connectivity index (χ1) is 13.1. The first-order valence-corrected chi connectivity index (χ1v) is 9.22. The van der Waals surface area contributed by atoms with Gasteiger partial charge in [-0.05, 0) is 36.2 Å². The van der Waals surface area contributed by atoms with E-state index < -0.39 is 6.04 Å². The molecule has 2 heterocycles. The van der Waals surface area contributed by atoms with E-state index in [0.29, 0.717) is 16.5 Å². The molecule has 2 unspecified atom stereocenters. The number of benzene rings is 2. The lowest BCUT2D eigenvalue weighted by atomic mass is 10.0. The molecular weight excluding hydrogens is 385 g/mol. The third-order valence-corrected chi connectivity index (χ3v) is 5.13. The number of carbonyl (C=O) groups excluding carboxylic acids is 1. The molecule has 0 bridgehead atoms. The standard InChI is InChI=1S/C19H17Cl2N5O/c20-12-5-6-15(21)14(7-12)17-8-18(25-24-17)19(27)26-23-10-11-9-22-16-4-2-1-3-13(11)16/h1-7,9-10,17-18,22,24-25H,8H2,(H,26,27)/b23-10+. The molecule has 8 heteroatoms. The molecule has 6 nitrogen and oxygen atoms in total. The number of hydrogen-bond donors (Lipinski definition) is 4. The van der Waals surface area contributed by atoms with Crippen molar-refractivity contribution in [2.45, 2.75) is 18.5 Å². The second-order valence-corrected chi connectivity index (χ2v) is 7.16. The molecule has 0 saturated carbocycles. The Morgan fingerprint density at radius 1 is 1.19 bits per heavy atom. The van der Waals surface area contributed by atoms with Gasteiger partial charge in [-0.3, -0.25) is 4.79 Å². The minimum atomic E-state index is -0.426. The van der Waals surface area contributed by atoms with E-state index in [1.165, 1.54) is 0 Å². The van der Waals surface area contributed by atoms with Gasteiger partial charge >= 0.3 is 0 Å². The lowest BCUT2D eigenvalue weighted by molar-refractivity contribution is -0.122. The molecule has 0 aliphatic carbocycles. The maximum absolute atomic E-state index is 12.4. The van der Waals surface area contributed by atoms with Crippen molar-refractivity contribution in [2.24, 2.45) is 5.10 Å². The number of H-pyrrole nitrogens is 1. The van der Waals surface area contributed by atoms with Crippen LogP contribution in [0, 0.1) is 0 Å². The number of amides is 1. The van der Waals surface area contributed by atoms with E-state index >= 15 is 0 Å². The van der Waals surface area contributed by atoms with E-state index in [1.54, 1.807) is 24.4 Å². The molecule has 0 spiro atoms. The van der Waals surface area contributed by atoms with Gasteiger partial charge in [0, 0.05) is 38.8 Å². The third-order valence-electron chi connectivity index (χ3n) is 4.55. The van der Waals surface area contributed by atoms with Crippen molar-refractivity contribution >= 4 is 46.2 Å². The van der Waals surface area contributed by atoms with Crippen LogP contribution in [0.1, 0.15) is 23.6 Å². The number of para-hydroxylation sites is 1. The number of hydrazine groups is 1. The number of aromatic nitrogens is 1. The summed E-state index contributed by atoms with van der Waals surface area (Å²) in [4.78, 5) is 15.5. The van der Waals surface area contributed by atoms with Crippen molar-refractivity contribution < 1.29 is 4.79 Å². The van der Waals surface area contributed by atoms with E-state index in [4.69, 9.17) is 23.2 Å². The minimum absolute atomic E-state index is 0.107. The molecule has 3 aromatic rings. The number of carbonyl (C=O) groups is 1. The number of fused-ring (bicyclic) bond motifs is 1. The summed E-state index contributed by atoms with van der Waals surface area (Å²) in [5.74, 6) is -0.223. The summed E-state index contributed by atoms with van der Waals surface area (Å²) in [6, 6.07) is 12.7. The van der Waals surface area contributed by atoms with Crippen molar-refractivity contribution in [1.29, 1.82) is 0 Å². The molecule has 1 amide bonds. The van der Waals surface area contributed by atoms with Crippen LogP contribution in [0.4, 0.5) is 0 Å². The SMILES string of the molecule is O=C(N/N=C/c1c[nH]c2ccccc12)C1CC(c2cc(Cl)ccc2Cl)NN1. The highest BCUT2D eigenvalue weighted by Gasteiger charge is 2.31. The number of hydrogen-bond acceptors (Lipinski definition) is 4. The molecule has 2 aromatic carbocycles. The third kappa shape index (κ3) is 3.84. The summed E-state index contributed by atoms with van der Waals surface area (Å²) in [5, 5.41) is 6.34. The van der Waals surface area contributed by atoms with Crippen LogP contribution in [0.3, 0.4) is 0 Å². The van der Waals surface area contributed by atoms with E-state index in [0.717, 1.165) is 22.0 Å². The molecule has 0 radical (unpaired) electrons. The van der Waals surface area contributed by atoms with Crippen LogP contribution in [0.15, 0.2) is 53.8 Å². The molecule has 1 aliphatic heterocycles. The lowest BCUT2D eigenvalue weighted by Crippen LogP contribution is -2.41. The molecule has 4 rings (SSSR count). The van der Waals surface area contributed by atoms with Crippen LogP contribution in [-0.2, 0) is 4.79 Å². The number of rotatable bonds is 4. The van der Waals surface area contributed by atoms with Gasteiger partial charge in [-0.15, -0.1) is 0 Å². The van der Waals surface area contributed by atoms with Gasteiger partial charge in [0.05, 0.1) is 6.21 Å². The van der Waals surface area contributed by atoms with Gasteiger partial charge < -0.3 is 4.98 Å². The minimum Gasteiger partial charge on any atom is -0.361 e. The first-order valence-electron chi connectivity index (χ1n) is 8.47. The summed E-state index contributed by atoms with van der Waals surface area (Å²) in [6.45, 7) is 0. The van der Waals surface area contributed by atoms with E-state index in [-0.39, 0.29) is 11.9 Å². The van der Waals surface area contributed by atoms with Crippen LogP contribution in [0.5, 0.6) is 0 Å². The van der Waals surface area contributed by atoms with Crippen LogP contribution < -0.4 is 16.3 Å². The molecule has 1 saturated heterocycles. The fourth-order valence-corrected chi connectivity index (χ4v) is 3.59. The van der Waals surface area contributed by atoms with Crippen LogP contribution >= 0.6 is 23.2 Å². The summed E-state index contributed by atoms with van der Waals surface area (Å²) in [6.07, 6.45) is 4.02. The summed E-state index contributed by atoms with van der Waals surface area (Å²) in [7, 11) is 0. The highest BCUT2D eigenvalue weighted by Crippen LogP contribution is 2.30. The molecule has 1 aromatic heterocycles. The lowest BCUT2D eigenvalue weighted by Gasteiger charge is -2.12. The zero-order valence-electron chi connectivity index (χ0n) is 14.2. The Morgan fingerprint density at radius 2 is 2.04 bits per heavy atom. The number of halogens is 2. The molecule has 27 heavy (non-hydrogen) atoms. The normalized spacial score (nSPS) is 19.8. The fraction of sp³-hybridized carbons (Fsp3) is 0.158. The monoisotopic (exact) mass is 401 g/mol. The number of nitrogens with zero attached hydrogens (tertiary/aromatic N) is 1. The Hall–Kier alpha value is -2.38. The van der Waals surface area contributed by atoms with Crippen LogP contribution in [0.25, 0.3) is 10.9 Å². The summed E-state index contributed by atoms with van der Waals surface area (Å²) < 4.78 is 0. The highest BCUT2D eigenvalue weighted by molar-refractivity contribution is 6.33. The quantitative estimate of drug-likeness (QED) is 0.398. The van der Waals surface area contributed by atoms with Gasteiger partial charge in [-0.1, -0.05) is 41.4 Å². The highest BCUT2D eigenvalue weighted by atomic mass is 35.5. The number of aromatic amines is 1. The average molecular weight is 402 g/mol. The molecular formula is C19H17Cl2N5O. The second kappa shape index (κ2) is 7.70. The Kier molecular flexibility index (Phi) is 5.13. The van der Waals surface area contributed by atoms with Crippen molar-refractivity contribution in [1.82, 2.24) is 21.3 Å². The first kappa shape index (κ1) is 18.0. The van der Waals surface area contributed by atoms with Gasteiger partial charge in [0.1, 0.15) is 6.04 Å².